The number of aliphatic hydroxyl groups is 1. The highest BCUT2D eigenvalue weighted by Crippen LogP contribution is 2.42. The van der Waals surface area contributed by atoms with Crippen LogP contribution in [0.15, 0.2) is 53.4 Å². The molecule has 0 spiro atoms. The van der Waals surface area contributed by atoms with E-state index in [9.17, 15) is 13.5 Å². The molecule has 2 aliphatic heterocycles. The third-order valence-corrected chi connectivity index (χ3v) is 9.17. The van der Waals surface area contributed by atoms with E-state index in [4.69, 9.17) is 4.74 Å². The molecular weight excluding hydrogens is 448 g/mol. The molecule has 2 aromatic rings. The fraction of sp³-hybridized carbons (Fsp3) is 0.481. The molecule has 3 aliphatic rings. The first-order valence-electron chi connectivity index (χ1n) is 12.1. The van der Waals surface area contributed by atoms with E-state index in [1.807, 2.05) is 0 Å². The molecule has 2 saturated heterocycles. The van der Waals surface area contributed by atoms with Crippen LogP contribution in [0.2, 0.25) is 0 Å². The molecule has 3 fully saturated rings. The molecule has 0 bridgehead atoms. The molecule has 5 rings (SSSR count). The Kier molecular flexibility index (Phi) is 6.67. The first-order chi connectivity index (χ1) is 16.5. The lowest BCUT2D eigenvalue weighted by Crippen LogP contribution is -2.67. The average molecular weight is 481 g/mol. The van der Waals surface area contributed by atoms with Crippen molar-refractivity contribution >= 4 is 10.0 Å². The summed E-state index contributed by atoms with van der Waals surface area (Å²) in [5.74, 6) is 7.72. The first-order valence-corrected chi connectivity index (χ1v) is 13.6. The number of methoxy groups -OCH3 is 1. The van der Waals surface area contributed by atoms with Gasteiger partial charge in [0.15, 0.2) is 0 Å². The fourth-order valence-corrected chi connectivity index (χ4v) is 6.77. The lowest BCUT2D eigenvalue weighted by atomic mass is 9.74. The van der Waals surface area contributed by atoms with Crippen molar-refractivity contribution in [2.75, 3.05) is 33.4 Å². The van der Waals surface area contributed by atoms with Gasteiger partial charge in [0.25, 0.3) is 0 Å². The highest BCUT2D eigenvalue weighted by atomic mass is 32.2. The molecule has 2 heterocycles. The van der Waals surface area contributed by atoms with Gasteiger partial charge in [-0.25, -0.2) is 8.42 Å². The fourth-order valence-electron chi connectivity index (χ4n) is 5.24. The van der Waals surface area contributed by atoms with Crippen molar-refractivity contribution in [1.29, 1.82) is 0 Å². The molecule has 1 saturated carbocycles. The summed E-state index contributed by atoms with van der Waals surface area (Å²) in [6.07, 6.45) is 4.11. The van der Waals surface area contributed by atoms with Gasteiger partial charge in [-0.15, -0.1) is 0 Å². The molecule has 7 heteroatoms. The van der Waals surface area contributed by atoms with Crippen molar-refractivity contribution in [2.24, 2.45) is 5.92 Å². The summed E-state index contributed by atoms with van der Waals surface area (Å²) < 4.78 is 34.0. The van der Waals surface area contributed by atoms with E-state index in [0.717, 1.165) is 30.5 Å². The van der Waals surface area contributed by atoms with Crippen molar-refractivity contribution in [3.63, 3.8) is 0 Å². The monoisotopic (exact) mass is 480 g/mol. The highest BCUT2D eigenvalue weighted by molar-refractivity contribution is 7.89. The van der Waals surface area contributed by atoms with E-state index in [0.29, 0.717) is 24.8 Å². The molecule has 0 unspecified atom stereocenters. The van der Waals surface area contributed by atoms with Crippen LogP contribution in [0.4, 0.5) is 0 Å². The maximum absolute atomic E-state index is 13.6. The maximum atomic E-state index is 13.6. The maximum Gasteiger partial charge on any atom is 0.243 e. The predicted octanol–water partition coefficient (Wildman–Crippen LogP) is 3.07. The number of nitrogens with zero attached hydrogens (tertiary/aromatic N) is 2. The number of sulfonamides is 1. The molecule has 0 aromatic heterocycles. The predicted molar refractivity (Wildman–Crippen MR) is 131 cm³/mol. The van der Waals surface area contributed by atoms with Crippen LogP contribution >= 0.6 is 0 Å². The number of rotatable bonds is 5. The zero-order chi connectivity index (χ0) is 23.7. The van der Waals surface area contributed by atoms with Gasteiger partial charge in [0.1, 0.15) is 5.75 Å². The number of ether oxygens (including phenoxy) is 1. The Hall–Kier alpha value is -2.37. The smallest absolute Gasteiger partial charge is 0.243 e. The van der Waals surface area contributed by atoms with E-state index in [-0.39, 0.29) is 29.5 Å². The molecule has 1 N–H and O–H groups in total. The van der Waals surface area contributed by atoms with Crippen LogP contribution in [-0.4, -0.2) is 68.2 Å². The Morgan fingerprint density at radius 2 is 1.85 bits per heavy atom. The second-order valence-electron chi connectivity index (χ2n) is 9.50. The number of benzene rings is 2. The van der Waals surface area contributed by atoms with Crippen LogP contribution in [0.25, 0.3) is 0 Å². The van der Waals surface area contributed by atoms with Gasteiger partial charge >= 0.3 is 0 Å². The Morgan fingerprint density at radius 3 is 2.56 bits per heavy atom. The molecule has 34 heavy (non-hydrogen) atoms. The van der Waals surface area contributed by atoms with Crippen molar-refractivity contribution in [3.05, 3.63) is 59.7 Å². The summed E-state index contributed by atoms with van der Waals surface area (Å²) >= 11 is 0. The molecule has 0 radical (unpaired) electrons. The summed E-state index contributed by atoms with van der Waals surface area (Å²) in [5.41, 5.74) is 2.14. The Labute approximate surface area is 202 Å². The number of aliphatic hydroxyl groups excluding tert-OH is 1. The zero-order valence-electron chi connectivity index (χ0n) is 19.6. The second-order valence-corrected chi connectivity index (χ2v) is 11.4. The molecule has 2 aromatic carbocycles. The quantitative estimate of drug-likeness (QED) is 0.666. The van der Waals surface area contributed by atoms with Crippen LogP contribution in [0, 0.1) is 17.8 Å². The largest absolute Gasteiger partial charge is 0.497 e. The van der Waals surface area contributed by atoms with Crippen molar-refractivity contribution < 1.29 is 18.3 Å². The lowest BCUT2D eigenvalue weighted by Gasteiger charge is -2.57. The average Bonchev–Trinajstić information content (AvgIpc) is 3.67. The Bertz CT molecular complexity index is 1180. The summed E-state index contributed by atoms with van der Waals surface area (Å²) in [6.45, 7) is 1.84. The molecule has 1 aliphatic carbocycles. The van der Waals surface area contributed by atoms with Crippen LogP contribution in [0.1, 0.15) is 42.7 Å². The second kappa shape index (κ2) is 9.71. The van der Waals surface area contributed by atoms with Gasteiger partial charge in [-0.3, -0.25) is 4.90 Å². The molecule has 6 nitrogen and oxygen atoms in total. The lowest BCUT2D eigenvalue weighted by molar-refractivity contribution is -0.0553. The third-order valence-electron chi connectivity index (χ3n) is 7.31. The van der Waals surface area contributed by atoms with Crippen molar-refractivity contribution in [3.8, 4) is 17.6 Å². The summed E-state index contributed by atoms with van der Waals surface area (Å²) in [6, 6.07) is 15.0. The normalized spacial score (nSPS) is 25.8. The van der Waals surface area contributed by atoms with Crippen molar-refractivity contribution in [1.82, 2.24) is 9.21 Å². The van der Waals surface area contributed by atoms with Crippen LogP contribution in [0.5, 0.6) is 5.75 Å². The van der Waals surface area contributed by atoms with Gasteiger partial charge in [-0.1, -0.05) is 30.0 Å². The van der Waals surface area contributed by atoms with Gasteiger partial charge in [-0.05, 0) is 62.1 Å². The van der Waals surface area contributed by atoms with Crippen molar-refractivity contribution in [2.45, 2.75) is 48.6 Å². The van der Waals surface area contributed by atoms with Crippen LogP contribution < -0.4 is 4.74 Å². The third kappa shape index (κ3) is 4.60. The molecule has 180 valence electrons. The van der Waals surface area contributed by atoms with Gasteiger partial charge in [-0.2, -0.15) is 4.31 Å². The zero-order valence-corrected chi connectivity index (χ0v) is 20.4. The molecule has 3 atom stereocenters. The SMILES string of the molecule is COc1cccc(S(=O)(=O)N2CCCCN3[C@H](C2)[C@H](c2ccc(C#CC4CC4)cc2)[C@@H]3CO)c1. The van der Waals surface area contributed by atoms with E-state index >= 15 is 0 Å². The first kappa shape index (κ1) is 23.4. The Balaban J connectivity index is 1.40. The summed E-state index contributed by atoms with van der Waals surface area (Å²) in [4.78, 5) is 2.55. The number of hydrogen-bond donors (Lipinski definition) is 1. The Morgan fingerprint density at radius 1 is 1.09 bits per heavy atom. The molecular formula is C27H32N2O4S. The van der Waals surface area contributed by atoms with Gasteiger partial charge < -0.3 is 9.84 Å². The van der Waals surface area contributed by atoms with E-state index in [2.05, 4.69) is 41.0 Å². The standard InChI is InChI=1S/C27H32N2O4S/c1-33-23-5-4-6-24(17-23)34(31,32)28-15-2-3-16-29-25(18-28)27(26(29)19-30)22-13-11-21(12-14-22)10-9-20-7-8-20/h4-6,11-14,17,20,25-27,30H,2-3,7-8,15-16,18-19H2,1H3/t25-,26+,27+/m1/s1. The van der Waals surface area contributed by atoms with E-state index in [1.165, 1.54) is 20.0 Å². The van der Waals surface area contributed by atoms with Gasteiger partial charge in [0.05, 0.1) is 18.6 Å². The van der Waals surface area contributed by atoms with Gasteiger partial charge in [0, 0.05) is 48.6 Å². The van der Waals surface area contributed by atoms with E-state index < -0.39 is 10.0 Å². The number of hydrogen-bond acceptors (Lipinski definition) is 5. The highest BCUT2D eigenvalue weighted by Gasteiger charge is 2.50. The minimum Gasteiger partial charge on any atom is -0.497 e. The minimum atomic E-state index is -3.66. The van der Waals surface area contributed by atoms with Gasteiger partial charge in [0.2, 0.25) is 10.0 Å². The summed E-state index contributed by atoms with van der Waals surface area (Å²) in [7, 11) is -2.12. The van der Waals surface area contributed by atoms with Crippen LogP contribution in [-0.2, 0) is 10.0 Å². The van der Waals surface area contributed by atoms with E-state index in [1.54, 1.807) is 28.6 Å². The summed E-state index contributed by atoms with van der Waals surface area (Å²) in [5, 5.41) is 10.2. The topological polar surface area (TPSA) is 70.1 Å². The molecule has 0 amide bonds. The minimum absolute atomic E-state index is 0.00729. The van der Waals surface area contributed by atoms with Crippen LogP contribution in [0.3, 0.4) is 0 Å². The number of fused-ring (bicyclic) bond motifs is 1.